The predicted octanol–water partition coefficient (Wildman–Crippen LogP) is 6.75. The number of halogens is 1. The van der Waals surface area contributed by atoms with E-state index in [0.717, 1.165) is 24.4 Å². The van der Waals surface area contributed by atoms with E-state index >= 15 is 0 Å². The molecular formula is C21H27ClN2S. The minimum atomic E-state index is 0.772. The van der Waals surface area contributed by atoms with Gasteiger partial charge in [0.25, 0.3) is 0 Å². The van der Waals surface area contributed by atoms with Gasteiger partial charge in [0, 0.05) is 21.4 Å². The van der Waals surface area contributed by atoms with Gasteiger partial charge in [-0.05, 0) is 61.9 Å². The number of nitrogens with zero attached hydrogens (tertiary/aromatic N) is 1. The first-order chi connectivity index (χ1) is 12.3. The number of thioether (sulfide) groups is 1. The van der Waals surface area contributed by atoms with Crippen molar-refractivity contribution in [3.63, 3.8) is 0 Å². The molecular weight excluding hydrogens is 348 g/mol. The monoisotopic (exact) mass is 374 g/mol. The Morgan fingerprint density at radius 2 is 1.88 bits per heavy atom. The van der Waals surface area contributed by atoms with E-state index in [0.29, 0.717) is 0 Å². The first kappa shape index (κ1) is 19.9. The number of rotatable bonds is 3. The standard InChI is InChI=1S/C19H21ClN2S.C2H6/c20-16-9-11-17(12-10-16)23-18-8-4-5-13-21-14-22-19(18)15-6-2-1-3-7-15;1-2/h4,6,8-12,14H,1-3,5,7,13H2,(H,21,22);1-2H3/b8-4+,19-18+;. The van der Waals surface area contributed by atoms with Crippen LogP contribution in [0.15, 0.2) is 68.6 Å². The normalized spacial score (nSPS) is 21.6. The number of benzene rings is 1. The molecule has 1 aromatic rings. The molecule has 0 radical (unpaired) electrons. The maximum Gasteiger partial charge on any atom is 0.0868 e. The molecule has 1 heterocycles. The van der Waals surface area contributed by atoms with Crippen LogP contribution in [-0.2, 0) is 0 Å². The fourth-order valence-electron chi connectivity index (χ4n) is 2.70. The van der Waals surface area contributed by atoms with E-state index in [9.17, 15) is 0 Å². The van der Waals surface area contributed by atoms with Gasteiger partial charge in [0.2, 0.25) is 0 Å². The Kier molecular flexibility index (Phi) is 8.92. The van der Waals surface area contributed by atoms with Crippen molar-refractivity contribution in [2.75, 3.05) is 6.54 Å². The highest BCUT2D eigenvalue weighted by molar-refractivity contribution is 8.03. The van der Waals surface area contributed by atoms with Gasteiger partial charge in [0.1, 0.15) is 0 Å². The van der Waals surface area contributed by atoms with Crippen LogP contribution in [0.4, 0.5) is 0 Å². The van der Waals surface area contributed by atoms with Gasteiger partial charge in [-0.15, -0.1) is 0 Å². The quantitative estimate of drug-likeness (QED) is 0.632. The van der Waals surface area contributed by atoms with Gasteiger partial charge in [-0.25, -0.2) is 0 Å². The summed E-state index contributed by atoms with van der Waals surface area (Å²) in [6.45, 7) is 4.83. The molecule has 0 aromatic heterocycles. The third-order valence-electron chi connectivity index (χ3n) is 3.89. The zero-order chi connectivity index (χ0) is 17.9. The molecule has 2 aliphatic rings. The fraction of sp³-hybridized carbons (Fsp3) is 0.381. The number of allylic oxidation sites excluding steroid dienone is 3. The second-order valence-corrected chi connectivity index (χ2v) is 7.19. The van der Waals surface area contributed by atoms with Gasteiger partial charge >= 0.3 is 0 Å². The number of nitrogens with one attached hydrogen (secondary N) is 1. The maximum atomic E-state index is 6.00. The van der Waals surface area contributed by atoms with Crippen LogP contribution in [0.2, 0.25) is 5.02 Å². The molecule has 0 atom stereocenters. The lowest BCUT2D eigenvalue weighted by molar-refractivity contribution is 0.701. The molecule has 0 unspecified atom stereocenters. The molecule has 1 aromatic carbocycles. The second kappa shape index (κ2) is 11.2. The minimum absolute atomic E-state index is 0.772. The van der Waals surface area contributed by atoms with Gasteiger partial charge in [-0.3, -0.25) is 4.99 Å². The highest BCUT2D eigenvalue weighted by Gasteiger charge is 2.14. The summed E-state index contributed by atoms with van der Waals surface area (Å²) >= 11 is 7.78. The third-order valence-corrected chi connectivity index (χ3v) is 5.21. The molecule has 2 nitrogen and oxygen atoms in total. The van der Waals surface area contributed by atoms with E-state index < -0.39 is 0 Å². The summed E-state index contributed by atoms with van der Waals surface area (Å²) in [6, 6.07) is 8.03. The van der Waals surface area contributed by atoms with Crippen molar-refractivity contribution in [3.8, 4) is 0 Å². The minimum Gasteiger partial charge on any atom is -0.346 e. The molecule has 0 fully saturated rings. The molecule has 0 spiro atoms. The Morgan fingerprint density at radius 1 is 1.08 bits per heavy atom. The van der Waals surface area contributed by atoms with Gasteiger partial charge in [-0.2, -0.15) is 0 Å². The summed E-state index contributed by atoms with van der Waals surface area (Å²) in [5.41, 5.74) is 2.61. The van der Waals surface area contributed by atoms with Crippen LogP contribution < -0.4 is 5.32 Å². The van der Waals surface area contributed by atoms with Crippen molar-refractivity contribution in [3.05, 3.63) is 63.7 Å². The average molecular weight is 375 g/mol. The molecule has 0 bridgehead atoms. The maximum absolute atomic E-state index is 6.00. The zero-order valence-corrected chi connectivity index (χ0v) is 16.7. The van der Waals surface area contributed by atoms with E-state index in [1.807, 2.05) is 32.3 Å². The highest BCUT2D eigenvalue weighted by atomic mass is 35.5. The van der Waals surface area contributed by atoms with Crippen molar-refractivity contribution >= 4 is 29.7 Å². The van der Waals surface area contributed by atoms with Gasteiger partial charge < -0.3 is 5.32 Å². The van der Waals surface area contributed by atoms with E-state index in [2.05, 4.69) is 40.7 Å². The Bertz CT molecular complexity index is 657. The second-order valence-electron chi connectivity index (χ2n) is 5.64. The lowest BCUT2D eigenvalue weighted by Crippen LogP contribution is -2.15. The van der Waals surface area contributed by atoms with Crippen LogP contribution in [-0.4, -0.2) is 12.9 Å². The zero-order valence-electron chi connectivity index (χ0n) is 15.1. The summed E-state index contributed by atoms with van der Waals surface area (Å²) in [7, 11) is 0. The topological polar surface area (TPSA) is 24.4 Å². The predicted molar refractivity (Wildman–Crippen MR) is 112 cm³/mol. The molecule has 1 aliphatic heterocycles. The molecule has 1 N–H and O–H groups in total. The lowest BCUT2D eigenvalue weighted by Gasteiger charge is -2.19. The van der Waals surface area contributed by atoms with E-state index in [4.69, 9.17) is 11.6 Å². The van der Waals surface area contributed by atoms with Crippen molar-refractivity contribution in [2.45, 2.75) is 50.8 Å². The summed E-state index contributed by atoms with van der Waals surface area (Å²) in [6.07, 6.45) is 14.5. The smallest absolute Gasteiger partial charge is 0.0868 e. The molecule has 1 aliphatic carbocycles. The summed E-state index contributed by atoms with van der Waals surface area (Å²) in [4.78, 5) is 6.85. The van der Waals surface area contributed by atoms with Crippen LogP contribution in [0.25, 0.3) is 0 Å². The van der Waals surface area contributed by atoms with Crippen LogP contribution in [0, 0.1) is 0 Å². The van der Waals surface area contributed by atoms with Crippen LogP contribution >= 0.6 is 23.4 Å². The molecule has 134 valence electrons. The summed E-state index contributed by atoms with van der Waals surface area (Å²) in [5.74, 6) is 0. The van der Waals surface area contributed by atoms with Crippen molar-refractivity contribution in [1.82, 2.24) is 5.32 Å². The summed E-state index contributed by atoms with van der Waals surface area (Å²) < 4.78 is 0. The Labute approximate surface area is 161 Å². The van der Waals surface area contributed by atoms with E-state index in [-0.39, 0.29) is 0 Å². The van der Waals surface area contributed by atoms with Crippen molar-refractivity contribution in [2.24, 2.45) is 4.99 Å². The van der Waals surface area contributed by atoms with Gasteiger partial charge in [0.05, 0.1) is 12.0 Å². The SMILES string of the molecule is CC.Clc1ccc(SC2=C(\C3=CCCCC3)NC=NCC\C=C\2)cc1. The van der Waals surface area contributed by atoms with Crippen molar-refractivity contribution in [1.29, 1.82) is 0 Å². The molecule has 3 rings (SSSR count). The largest absolute Gasteiger partial charge is 0.346 e. The first-order valence-corrected chi connectivity index (χ1v) is 10.3. The molecule has 0 saturated carbocycles. The Hall–Kier alpha value is -1.45. The van der Waals surface area contributed by atoms with Gasteiger partial charge in [0.15, 0.2) is 0 Å². The number of aliphatic imine (C=N–C) groups is 1. The van der Waals surface area contributed by atoms with Crippen LogP contribution in [0.3, 0.4) is 0 Å². The summed E-state index contributed by atoms with van der Waals surface area (Å²) in [5, 5.41) is 4.21. The van der Waals surface area contributed by atoms with E-state index in [1.54, 1.807) is 11.8 Å². The van der Waals surface area contributed by atoms with Crippen molar-refractivity contribution < 1.29 is 0 Å². The highest BCUT2D eigenvalue weighted by Crippen LogP contribution is 2.34. The lowest BCUT2D eigenvalue weighted by atomic mass is 9.97. The average Bonchev–Trinajstić information content (AvgIpc) is 2.78. The van der Waals surface area contributed by atoms with Gasteiger partial charge in [-0.1, -0.05) is 55.4 Å². The third kappa shape index (κ3) is 6.41. The molecule has 0 saturated heterocycles. The Morgan fingerprint density at radius 3 is 2.60 bits per heavy atom. The van der Waals surface area contributed by atoms with E-state index in [1.165, 1.54) is 40.3 Å². The first-order valence-electron chi connectivity index (χ1n) is 9.11. The molecule has 25 heavy (non-hydrogen) atoms. The van der Waals surface area contributed by atoms with Crippen LogP contribution in [0.5, 0.6) is 0 Å². The number of hydrogen-bond acceptors (Lipinski definition) is 3. The Balaban J connectivity index is 0.00000109. The molecule has 4 heteroatoms. The fourth-order valence-corrected chi connectivity index (χ4v) is 3.81. The molecule has 0 amide bonds. The van der Waals surface area contributed by atoms with Crippen LogP contribution in [0.1, 0.15) is 46.0 Å². The number of hydrogen-bond donors (Lipinski definition) is 1.